The average Bonchev–Trinajstić information content (AvgIpc) is 2.79. The molecule has 0 fully saturated rings. The van der Waals surface area contributed by atoms with Gasteiger partial charge in [-0.2, -0.15) is 0 Å². The summed E-state index contributed by atoms with van der Waals surface area (Å²) in [4.78, 5) is 21.5. The molecule has 0 aliphatic heterocycles. The molecule has 0 saturated heterocycles. The molecule has 0 aliphatic rings. The van der Waals surface area contributed by atoms with Gasteiger partial charge >= 0.3 is 0 Å². The van der Waals surface area contributed by atoms with Crippen LogP contribution in [0.5, 0.6) is 0 Å². The van der Waals surface area contributed by atoms with Crippen LogP contribution in [0.1, 0.15) is 31.9 Å². The Kier molecular flexibility index (Phi) is 6.47. The highest BCUT2D eigenvalue weighted by atomic mass is 32.2. The summed E-state index contributed by atoms with van der Waals surface area (Å²) < 4.78 is 9.86. The zero-order valence-electron chi connectivity index (χ0n) is 9.76. The maximum atomic E-state index is 11.5. The molecule has 4 nitrogen and oxygen atoms in total. The van der Waals surface area contributed by atoms with E-state index in [0.29, 0.717) is 25.1 Å². The molecule has 5 heteroatoms. The van der Waals surface area contributed by atoms with Gasteiger partial charge < -0.3 is 9.15 Å². The Morgan fingerprint density at radius 1 is 1.65 bits per heavy atom. The van der Waals surface area contributed by atoms with Crippen LogP contribution < -0.4 is 0 Å². The lowest BCUT2D eigenvalue weighted by Gasteiger charge is -2.07. The van der Waals surface area contributed by atoms with Crippen molar-refractivity contribution in [3.8, 4) is 0 Å². The second-order valence-electron chi connectivity index (χ2n) is 3.68. The predicted octanol–water partition coefficient (Wildman–Crippen LogP) is 2.77. The van der Waals surface area contributed by atoms with Gasteiger partial charge in [-0.1, -0.05) is 11.8 Å². The van der Waals surface area contributed by atoms with Crippen LogP contribution in [-0.4, -0.2) is 17.7 Å². The van der Waals surface area contributed by atoms with Crippen molar-refractivity contribution < 1.29 is 18.7 Å². The molecule has 0 bridgehead atoms. The molecule has 1 aromatic rings. The molecule has 94 valence electrons. The molecule has 1 heterocycles. The number of rotatable bonds is 8. The Hall–Kier alpha value is -1.23. The zero-order valence-corrected chi connectivity index (χ0v) is 10.6. The van der Waals surface area contributed by atoms with Gasteiger partial charge in [0, 0.05) is 6.42 Å². The predicted molar refractivity (Wildman–Crippen MR) is 65.5 cm³/mol. The number of carbonyl (C=O) groups excluding carboxylic acids is 2. The third kappa shape index (κ3) is 6.16. The van der Waals surface area contributed by atoms with E-state index >= 15 is 0 Å². The molecule has 0 spiro atoms. The minimum atomic E-state index is -0.115. The van der Waals surface area contributed by atoms with Crippen LogP contribution >= 0.6 is 11.8 Å². The van der Waals surface area contributed by atoms with E-state index < -0.39 is 0 Å². The third-order valence-corrected chi connectivity index (χ3v) is 3.19. The van der Waals surface area contributed by atoms with Crippen LogP contribution in [-0.2, 0) is 20.1 Å². The molecular weight excluding hydrogens is 240 g/mol. The van der Waals surface area contributed by atoms with Crippen LogP contribution in [0.3, 0.4) is 0 Å². The van der Waals surface area contributed by atoms with E-state index in [1.807, 2.05) is 13.0 Å². The van der Waals surface area contributed by atoms with E-state index in [9.17, 15) is 9.59 Å². The summed E-state index contributed by atoms with van der Waals surface area (Å²) in [6.07, 6.45) is 3.43. The molecular formula is C12H16O4S. The van der Waals surface area contributed by atoms with Crippen molar-refractivity contribution >= 4 is 23.3 Å². The highest BCUT2D eigenvalue weighted by molar-refractivity contribution is 8.12. The molecule has 1 atom stereocenters. The standard InChI is InChI=1S/C12H16O4S/c1-10(16-9-13)4-2-6-12(14)17-8-11-5-3-7-15-11/h3,5,7,9-10H,2,4,6,8H2,1H3. The topological polar surface area (TPSA) is 56.5 Å². The van der Waals surface area contributed by atoms with Crippen molar-refractivity contribution in [2.45, 2.75) is 38.0 Å². The van der Waals surface area contributed by atoms with Crippen LogP contribution in [0.25, 0.3) is 0 Å². The van der Waals surface area contributed by atoms with Gasteiger partial charge in [0.15, 0.2) is 5.12 Å². The van der Waals surface area contributed by atoms with E-state index in [1.54, 1.807) is 12.3 Å². The van der Waals surface area contributed by atoms with Gasteiger partial charge in [-0.25, -0.2) is 0 Å². The fourth-order valence-corrected chi connectivity index (χ4v) is 2.07. The van der Waals surface area contributed by atoms with Gasteiger partial charge in [-0.05, 0) is 31.9 Å². The van der Waals surface area contributed by atoms with Crippen molar-refractivity contribution in [3.05, 3.63) is 24.2 Å². The van der Waals surface area contributed by atoms with Gasteiger partial charge in [-0.15, -0.1) is 0 Å². The van der Waals surface area contributed by atoms with Crippen LogP contribution in [0, 0.1) is 0 Å². The van der Waals surface area contributed by atoms with Crippen LogP contribution in [0.4, 0.5) is 0 Å². The normalized spacial score (nSPS) is 12.1. The first-order valence-electron chi connectivity index (χ1n) is 5.49. The summed E-state index contributed by atoms with van der Waals surface area (Å²) in [5.41, 5.74) is 0. The molecule has 0 radical (unpaired) electrons. The van der Waals surface area contributed by atoms with Crippen molar-refractivity contribution in [3.63, 3.8) is 0 Å². The van der Waals surface area contributed by atoms with Gasteiger partial charge in [0.1, 0.15) is 5.76 Å². The van der Waals surface area contributed by atoms with Crippen molar-refractivity contribution in [1.82, 2.24) is 0 Å². The number of carbonyl (C=O) groups is 2. The molecule has 0 amide bonds. The zero-order chi connectivity index (χ0) is 12.5. The van der Waals surface area contributed by atoms with Gasteiger partial charge in [-0.3, -0.25) is 9.59 Å². The molecule has 0 aliphatic carbocycles. The number of ether oxygens (including phenoxy) is 1. The minimum Gasteiger partial charge on any atom is -0.468 e. The fourth-order valence-electron chi connectivity index (χ4n) is 1.32. The number of hydrogen-bond acceptors (Lipinski definition) is 5. The van der Waals surface area contributed by atoms with E-state index in [1.165, 1.54) is 11.8 Å². The highest BCUT2D eigenvalue weighted by Gasteiger charge is 2.07. The molecule has 0 N–H and O–H groups in total. The monoisotopic (exact) mass is 256 g/mol. The van der Waals surface area contributed by atoms with E-state index in [-0.39, 0.29) is 11.2 Å². The molecule has 0 aromatic carbocycles. The lowest BCUT2D eigenvalue weighted by atomic mass is 10.2. The number of furan rings is 1. The summed E-state index contributed by atoms with van der Waals surface area (Å²) in [5, 5.41) is 0.139. The lowest BCUT2D eigenvalue weighted by Crippen LogP contribution is -2.07. The van der Waals surface area contributed by atoms with Crippen molar-refractivity contribution in [2.24, 2.45) is 0 Å². The fraction of sp³-hybridized carbons (Fsp3) is 0.500. The van der Waals surface area contributed by atoms with Gasteiger partial charge in [0.05, 0.1) is 18.1 Å². The Labute approximate surface area is 105 Å². The molecule has 1 aromatic heterocycles. The van der Waals surface area contributed by atoms with Crippen molar-refractivity contribution in [2.75, 3.05) is 0 Å². The number of hydrogen-bond donors (Lipinski definition) is 0. The quantitative estimate of drug-likeness (QED) is 0.669. The molecule has 17 heavy (non-hydrogen) atoms. The van der Waals surface area contributed by atoms with E-state index in [4.69, 9.17) is 9.15 Å². The van der Waals surface area contributed by atoms with E-state index in [0.717, 1.165) is 12.2 Å². The first-order chi connectivity index (χ1) is 8.22. The van der Waals surface area contributed by atoms with Crippen molar-refractivity contribution in [1.29, 1.82) is 0 Å². The lowest BCUT2D eigenvalue weighted by molar-refractivity contribution is -0.133. The van der Waals surface area contributed by atoms with Gasteiger partial charge in [0.25, 0.3) is 6.47 Å². The van der Waals surface area contributed by atoms with Gasteiger partial charge in [0.2, 0.25) is 0 Å². The second-order valence-corrected chi connectivity index (χ2v) is 4.71. The number of thioether (sulfide) groups is 1. The molecule has 1 unspecified atom stereocenters. The largest absolute Gasteiger partial charge is 0.468 e. The van der Waals surface area contributed by atoms with E-state index in [2.05, 4.69) is 0 Å². The maximum absolute atomic E-state index is 11.5. The Morgan fingerprint density at radius 3 is 3.12 bits per heavy atom. The first-order valence-corrected chi connectivity index (χ1v) is 6.48. The molecule has 1 rings (SSSR count). The average molecular weight is 256 g/mol. The minimum absolute atomic E-state index is 0.115. The van der Waals surface area contributed by atoms with Crippen LogP contribution in [0.15, 0.2) is 22.8 Å². The smallest absolute Gasteiger partial charge is 0.293 e. The first kappa shape index (κ1) is 13.8. The second kappa shape index (κ2) is 7.95. The third-order valence-electron chi connectivity index (χ3n) is 2.23. The Morgan fingerprint density at radius 2 is 2.47 bits per heavy atom. The summed E-state index contributed by atoms with van der Waals surface area (Å²) in [7, 11) is 0. The maximum Gasteiger partial charge on any atom is 0.293 e. The Bertz CT molecular complexity index is 334. The highest BCUT2D eigenvalue weighted by Crippen LogP contribution is 2.16. The summed E-state index contributed by atoms with van der Waals surface area (Å²) in [6, 6.07) is 3.65. The summed E-state index contributed by atoms with van der Waals surface area (Å²) >= 11 is 1.26. The SMILES string of the molecule is CC(CCCC(=O)SCc1ccco1)OC=O. The molecule has 0 saturated carbocycles. The van der Waals surface area contributed by atoms with Crippen LogP contribution in [0.2, 0.25) is 0 Å². The summed E-state index contributed by atoms with van der Waals surface area (Å²) in [5.74, 6) is 1.38. The Balaban J connectivity index is 2.07. The summed E-state index contributed by atoms with van der Waals surface area (Å²) in [6.45, 7) is 2.26.